The first-order valence-electron chi connectivity index (χ1n) is 5.59. The highest BCUT2D eigenvalue weighted by atomic mass is 16.5. The Bertz CT molecular complexity index is 330. The summed E-state index contributed by atoms with van der Waals surface area (Å²) < 4.78 is 5.22. The van der Waals surface area contributed by atoms with Crippen LogP contribution in [-0.2, 0) is 16.0 Å². The van der Waals surface area contributed by atoms with Gasteiger partial charge in [-0.15, -0.1) is 0 Å². The van der Waals surface area contributed by atoms with Gasteiger partial charge in [0.1, 0.15) is 11.9 Å². The second-order valence-electron chi connectivity index (χ2n) is 3.92. The van der Waals surface area contributed by atoms with Gasteiger partial charge in [-0.1, -0.05) is 19.1 Å². The smallest absolute Gasteiger partial charge is 0.306 e. The molecule has 16 heavy (non-hydrogen) atoms. The quantitative estimate of drug-likeness (QED) is 0.779. The van der Waals surface area contributed by atoms with E-state index in [1.807, 2.05) is 26.0 Å². The molecule has 0 saturated heterocycles. The monoisotopic (exact) mass is 222 g/mol. The van der Waals surface area contributed by atoms with Crippen molar-refractivity contribution in [1.82, 2.24) is 0 Å². The van der Waals surface area contributed by atoms with Crippen LogP contribution in [0.3, 0.4) is 0 Å². The third kappa shape index (κ3) is 4.34. The third-order valence-electron chi connectivity index (χ3n) is 2.25. The second-order valence-corrected chi connectivity index (χ2v) is 3.92. The van der Waals surface area contributed by atoms with E-state index in [0.717, 1.165) is 12.0 Å². The van der Waals surface area contributed by atoms with E-state index in [0.29, 0.717) is 12.8 Å². The summed E-state index contributed by atoms with van der Waals surface area (Å²) in [5, 5.41) is 9.12. The molecule has 0 aliphatic heterocycles. The fraction of sp³-hybridized carbons (Fsp3) is 0.462. The lowest BCUT2D eigenvalue weighted by atomic mass is 10.1. The first kappa shape index (κ1) is 12.6. The SMILES string of the molecule is CCCC(=O)OC(C)Cc1ccc(O)cc1. The number of aromatic hydroxyl groups is 1. The maximum Gasteiger partial charge on any atom is 0.306 e. The standard InChI is InChI=1S/C13H18O3/c1-3-4-13(15)16-10(2)9-11-5-7-12(14)8-6-11/h5-8,10,14H,3-4,9H2,1-2H3. The Kier molecular flexibility index (Phi) is 4.83. The van der Waals surface area contributed by atoms with E-state index in [1.54, 1.807) is 12.1 Å². The van der Waals surface area contributed by atoms with Crippen molar-refractivity contribution in [2.24, 2.45) is 0 Å². The van der Waals surface area contributed by atoms with Crippen molar-refractivity contribution in [3.8, 4) is 5.75 Å². The van der Waals surface area contributed by atoms with Crippen molar-refractivity contribution in [3.05, 3.63) is 29.8 Å². The van der Waals surface area contributed by atoms with Crippen LogP contribution in [0, 0.1) is 0 Å². The minimum atomic E-state index is -0.145. The summed E-state index contributed by atoms with van der Waals surface area (Å²) in [5.41, 5.74) is 1.05. The normalized spacial score (nSPS) is 12.1. The van der Waals surface area contributed by atoms with Gasteiger partial charge in [0.15, 0.2) is 0 Å². The maximum absolute atomic E-state index is 11.2. The van der Waals surface area contributed by atoms with E-state index >= 15 is 0 Å². The zero-order valence-electron chi connectivity index (χ0n) is 9.77. The molecule has 88 valence electrons. The molecule has 0 aromatic heterocycles. The molecule has 0 amide bonds. The Hall–Kier alpha value is -1.51. The van der Waals surface area contributed by atoms with Gasteiger partial charge < -0.3 is 9.84 Å². The van der Waals surface area contributed by atoms with Gasteiger partial charge in [0.25, 0.3) is 0 Å². The molecule has 0 heterocycles. The Labute approximate surface area is 96.1 Å². The number of carbonyl (C=O) groups excluding carboxylic acids is 1. The molecule has 0 saturated carbocycles. The zero-order valence-corrected chi connectivity index (χ0v) is 9.77. The summed E-state index contributed by atoms with van der Waals surface area (Å²) in [6.45, 7) is 3.83. The number of phenols is 1. The minimum absolute atomic E-state index is 0.122. The molecule has 3 heteroatoms. The Morgan fingerprint density at radius 1 is 1.38 bits per heavy atom. The molecule has 0 bridgehead atoms. The second kappa shape index (κ2) is 6.16. The Morgan fingerprint density at radius 3 is 2.56 bits per heavy atom. The largest absolute Gasteiger partial charge is 0.508 e. The molecule has 1 unspecified atom stereocenters. The van der Waals surface area contributed by atoms with Gasteiger partial charge in [-0.25, -0.2) is 0 Å². The van der Waals surface area contributed by atoms with Gasteiger partial charge >= 0.3 is 5.97 Å². The lowest BCUT2D eigenvalue weighted by molar-refractivity contribution is -0.148. The lowest BCUT2D eigenvalue weighted by Crippen LogP contribution is -2.16. The molecule has 1 aromatic rings. The van der Waals surface area contributed by atoms with E-state index in [-0.39, 0.29) is 17.8 Å². The van der Waals surface area contributed by atoms with Crippen LogP contribution in [0.4, 0.5) is 0 Å². The highest BCUT2D eigenvalue weighted by Gasteiger charge is 2.09. The third-order valence-corrected chi connectivity index (χ3v) is 2.25. The van der Waals surface area contributed by atoms with Crippen LogP contribution in [0.1, 0.15) is 32.3 Å². The van der Waals surface area contributed by atoms with E-state index < -0.39 is 0 Å². The van der Waals surface area contributed by atoms with E-state index in [4.69, 9.17) is 9.84 Å². The molecule has 3 nitrogen and oxygen atoms in total. The summed E-state index contributed by atoms with van der Waals surface area (Å²) >= 11 is 0. The molecule has 0 aliphatic rings. The van der Waals surface area contributed by atoms with Gasteiger partial charge in [0.2, 0.25) is 0 Å². The van der Waals surface area contributed by atoms with Crippen LogP contribution in [-0.4, -0.2) is 17.2 Å². The summed E-state index contributed by atoms with van der Waals surface area (Å²) in [4.78, 5) is 11.2. The minimum Gasteiger partial charge on any atom is -0.508 e. The predicted octanol–water partition coefficient (Wildman–Crippen LogP) is 2.67. The number of benzene rings is 1. The molecule has 0 spiro atoms. The Balaban J connectivity index is 2.42. The highest BCUT2D eigenvalue weighted by Crippen LogP contribution is 2.12. The van der Waals surface area contributed by atoms with Crippen molar-refractivity contribution < 1.29 is 14.6 Å². The van der Waals surface area contributed by atoms with Crippen molar-refractivity contribution in [1.29, 1.82) is 0 Å². The van der Waals surface area contributed by atoms with Crippen LogP contribution in [0.2, 0.25) is 0 Å². The first-order chi connectivity index (χ1) is 7.61. The van der Waals surface area contributed by atoms with Crippen molar-refractivity contribution in [3.63, 3.8) is 0 Å². The molecule has 0 fully saturated rings. The predicted molar refractivity (Wildman–Crippen MR) is 62.3 cm³/mol. The molecular formula is C13H18O3. The van der Waals surface area contributed by atoms with Crippen LogP contribution < -0.4 is 0 Å². The average Bonchev–Trinajstić information content (AvgIpc) is 2.21. The number of ether oxygens (including phenoxy) is 1. The lowest BCUT2D eigenvalue weighted by Gasteiger charge is -2.13. The van der Waals surface area contributed by atoms with Gasteiger partial charge in [0.05, 0.1) is 0 Å². The average molecular weight is 222 g/mol. The molecule has 0 aliphatic carbocycles. The van der Waals surface area contributed by atoms with Crippen LogP contribution >= 0.6 is 0 Å². The summed E-state index contributed by atoms with van der Waals surface area (Å²) in [6.07, 6.45) is 1.84. The molecule has 1 N–H and O–H groups in total. The number of hydrogen-bond acceptors (Lipinski definition) is 3. The number of hydrogen-bond donors (Lipinski definition) is 1. The van der Waals surface area contributed by atoms with E-state index in [9.17, 15) is 4.79 Å². The first-order valence-corrected chi connectivity index (χ1v) is 5.59. The molecule has 0 radical (unpaired) electrons. The number of carbonyl (C=O) groups is 1. The van der Waals surface area contributed by atoms with Crippen LogP contribution in [0.5, 0.6) is 5.75 Å². The van der Waals surface area contributed by atoms with Crippen molar-refractivity contribution in [2.75, 3.05) is 0 Å². The zero-order chi connectivity index (χ0) is 12.0. The molecule has 1 atom stereocenters. The van der Waals surface area contributed by atoms with Gasteiger partial charge in [-0.05, 0) is 31.0 Å². The van der Waals surface area contributed by atoms with E-state index in [2.05, 4.69) is 0 Å². The summed E-state index contributed by atoms with van der Waals surface area (Å²) in [6, 6.07) is 6.94. The number of esters is 1. The van der Waals surface area contributed by atoms with Crippen molar-refractivity contribution >= 4 is 5.97 Å². The van der Waals surface area contributed by atoms with E-state index in [1.165, 1.54) is 0 Å². The van der Waals surface area contributed by atoms with Crippen LogP contribution in [0.15, 0.2) is 24.3 Å². The van der Waals surface area contributed by atoms with Crippen molar-refractivity contribution in [2.45, 2.75) is 39.2 Å². The topological polar surface area (TPSA) is 46.5 Å². The van der Waals surface area contributed by atoms with Crippen LogP contribution in [0.25, 0.3) is 0 Å². The fourth-order valence-electron chi connectivity index (χ4n) is 1.49. The fourth-order valence-corrected chi connectivity index (χ4v) is 1.49. The highest BCUT2D eigenvalue weighted by molar-refractivity contribution is 5.69. The molecule has 1 aromatic carbocycles. The number of phenolic OH excluding ortho intramolecular Hbond substituents is 1. The Morgan fingerprint density at radius 2 is 2.00 bits per heavy atom. The summed E-state index contributed by atoms with van der Waals surface area (Å²) in [7, 11) is 0. The molecular weight excluding hydrogens is 204 g/mol. The van der Waals surface area contributed by atoms with Gasteiger partial charge in [-0.2, -0.15) is 0 Å². The van der Waals surface area contributed by atoms with Gasteiger partial charge in [0, 0.05) is 12.8 Å². The summed E-state index contributed by atoms with van der Waals surface area (Å²) in [5.74, 6) is 0.105. The number of rotatable bonds is 5. The maximum atomic E-state index is 11.2. The van der Waals surface area contributed by atoms with Gasteiger partial charge in [-0.3, -0.25) is 4.79 Å². The molecule has 1 rings (SSSR count).